The summed E-state index contributed by atoms with van der Waals surface area (Å²) in [5, 5.41) is 4.15. The number of aromatic nitrogens is 1. The molecule has 2 N–H and O–H groups in total. The van der Waals surface area contributed by atoms with Gasteiger partial charge in [-0.05, 0) is 36.2 Å². The quantitative estimate of drug-likeness (QED) is 0.642. The molecule has 8 heteroatoms. The third-order valence-electron chi connectivity index (χ3n) is 5.04. The molecule has 1 saturated heterocycles. The third kappa shape index (κ3) is 3.75. The lowest BCUT2D eigenvalue weighted by Gasteiger charge is -2.17. The number of carbonyl (C=O) groups is 2. The molecule has 5 nitrogen and oxygen atoms in total. The zero-order valence-corrected chi connectivity index (χ0v) is 15.3. The van der Waals surface area contributed by atoms with Crippen molar-refractivity contribution in [2.24, 2.45) is 0 Å². The van der Waals surface area contributed by atoms with E-state index in [4.69, 9.17) is 0 Å². The van der Waals surface area contributed by atoms with Gasteiger partial charge < -0.3 is 10.3 Å². The number of fused-ring (bicyclic) bond motifs is 1. The SMILES string of the molecule is O=C1CC(NCCc2c[nH]c3ccccc23)C(=O)N1c1cccc(C(F)(F)F)c1. The van der Waals surface area contributed by atoms with Crippen molar-refractivity contribution in [3.63, 3.8) is 0 Å². The first-order valence-corrected chi connectivity index (χ1v) is 9.17. The summed E-state index contributed by atoms with van der Waals surface area (Å²) in [6, 6.07) is 11.4. The predicted octanol–water partition coefficient (Wildman–Crippen LogP) is 3.65. The van der Waals surface area contributed by atoms with Crippen LogP contribution in [0.15, 0.2) is 54.7 Å². The van der Waals surface area contributed by atoms with Crippen molar-refractivity contribution in [3.8, 4) is 0 Å². The molecule has 2 aromatic carbocycles. The van der Waals surface area contributed by atoms with Gasteiger partial charge in [0, 0.05) is 23.6 Å². The lowest BCUT2D eigenvalue weighted by atomic mass is 10.1. The molecule has 1 aliphatic rings. The lowest BCUT2D eigenvalue weighted by Crippen LogP contribution is -2.39. The van der Waals surface area contributed by atoms with Crippen molar-refractivity contribution in [1.29, 1.82) is 0 Å². The maximum Gasteiger partial charge on any atom is 0.416 e. The van der Waals surface area contributed by atoms with Crippen molar-refractivity contribution in [2.45, 2.75) is 25.1 Å². The number of amides is 2. The number of hydrogen-bond donors (Lipinski definition) is 2. The van der Waals surface area contributed by atoms with E-state index in [-0.39, 0.29) is 12.1 Å². The molecule has 1 aliphatic heterocycles. The van der Waals surface area contributed by atoms with Crippen LogP contribution >= 0.6 is 0 Å². The van der Waals surface area contributed by atoms with Crippen LogP contribution < -0.4 is 10.2 Å². The van der Waals surface area contributed by atoms with Crippen LogP contribution in [0.2, 0.25) is 0 Å². The number of halogens is 3. The van der Waals surface area contributed by atoms with Crippen LogP contribution in [-0.4, -0.2) is 29.4 Å². The summed E-state index contributed by atoms with van der Waals surface area (Å²) in [7, 11) is 0. The summed E-state index contributed by atoms with van der Waals surface area (Å²) in [6.45, 7) is 0.460. The zero-order valence-electron chi connectivity index (χ0n) is 15.3. The van der Waals surface area contributed by atoms with Crippen LogP contribution in [-0.2, 0) is 22.2 Å². The molecule has 0 saturated carbocycles. The third-order valence-corrected chi connectivity index (χ3v) is 5.04. The molecule has 29 heavy (non-hydrogen) atoms. The minimum Gasteiger partial charge on any atom is -0.361 e. The van der Waals surface area contributed by atoms with Gasteiger partial charge in [-0.25, -0.2) is 4.90 Å². The maximum absolute atomic E-state index is 12.9. The molecule has 0 aliphatic carbocycles. The topological polar surface area (TPSA) is 65.2 Å². The van der Waals surface area contributed by atoms with Crippen molar-refractivity contribution in [1.82, 2.24) is 10.3 Å². The van der Waals surface area contributed by atoms with Gasteiger partial charge in [0.25, 0.3) is 5.91 Å². The van der Waals surface area contributed by atoms with Gasteiger partial charge in [-0.1, -0.05) is 24.3 Å². The fourth-order valence-corrected chi connectivity index (χ4v) is 3.60. The van der Waals surface area contributed by atoms with Gasteiger partial charge in [0.15, 0.2) is 0 Å². The smallest absolute Gasteiger partial charge is 0.361 e. The van der Waals surface area contributed by atoms with Gasteiger partial charge >= 0.3 is 6.18 Å². The Morgan fingerprint density at radius 1 is 1.10 bits per heavy atom. The lowest BCUT2D eigenvalue weighted by molar-refractivity contribution is -0.137. The minimum atomic E-state index is -4.54. The number of nitrogens with zero attached hydrogens (tertiary/aromatic N) is 1. The van der Waals surface area contributed by atoms with Crippen LogP contribution in [0.25, 0.3) is 10.9 Å². The van der Waals surface area contributed by atoms with Gasteiger partial charge in [-0.2, -0.15) is 13.2 Å². The van der Waals surface area contributed by atoms with Crippen LogP contribution in [0.1, 0.15) is 17.5 Å². The first kappa shape index (κ1) is 19.2. The zero-order chi connectivity index (χ0) is 20.6. The standard InChI is InChI=1S/C21H18F3N3O2/c22-21(23,24)14-4-3-5-15(10-14)27-19(28)11-18(20(27)29)25-9-8-13-12-26-17-7-2-1-6-16(13)17/h1-7,10,12,18,25-26H,8-9,11H2. The highest BCUT2D eigenvalue weighted by Gasteiger charge is 2.40. The van der Waals surface area contributed by atoms with Gasteiger partial charge in [-0.3, -0.25) is 9.59 Å². The second-order valence-corrected chi connectivity index (χ2v) is 6.94. The van der Waals surface area contributed by atoms with Crippen molar-refractivity contribution in [2.75, 3.05) is 11.4 Å². The van der Waals surface area contributed by atoms with Gasteiger partial charge in [0.05, 0.1) is 23.7 Å². The Bertz CT molecular complexity index is 1070. The fraction of sp³-hybridized carbons (Fsp3) is 0.238. The number of alkyl halides is 3. The molecular weight excluding hydrogens is 383 g/mol. The predicted molar refractivity (Wildman–Crippen MR) is 102 cm³/mol. The van der Waals surface area contributed by atoms with E-state index < -0.39 is 29.6 Å². The number of anilines is 1. The van der Waals surface area contributed by atoms with Crippen LogP contribution in [0.4, 0.5) is 18.9 Å². The summed E-state index contributed by atoms with van der Waals surface area (Å²) < 4.78 is 38.8. The number of imide groups is 1. The van der Waals surface area contributed by atoms with Crippen molar-refractivity contribution >= 4 is 28.4 Å². The number of aromatic amines is 1. The molecule has 0 spiro atoms. The van der Waals surface area contributed by atoms with Crippen LogP contribution in [0.5, 0.6) is 0 Å². The summed E-state index contributed by atoms with van der Waals surface area (Å²) in [4.78, 5) is 29.0. The second-order valence-electron chi connectivity index (χ2n) is 6.94. The number of hydrogen-bond acceptors (Lipinski definition) is 3. The molecule has 2 amide bonds. The Morgan fingerprint density at radius 2 is 1.90 bits per heavy atom. The summed E-state index contributed by atoms with van der Waals surface area (Å²) in [6.07, 6.45) is -2.07. The summed E-state index contributed by atoms with van der Waals surface area (Å²) >= 11 is 0. The van der Waals surface area contributed by atoms with Crippen LogP contribution in [0, 0.1) is 0 Å². The van der Waals surface area contributed by atoms with Gasteiger partial charge in [0.2, 0.25) is 5.91 Å². The molecule has 2 heterocycles. The molecule has 1 aromatic heterocycles. The van der Waals surface area contributed by atoms with Crippen molar-refractivity contribution in [3.05, 3.63) is 65.9 Å². The van der Waals surface area contributed by atoms with E-state index in [2.05, 4.69) is 10.3 Å². The normalized spacial score (nSPS) is 17.5. The summed E-state index contributed by atoms with van der Waals surface area (Å²) in [5.74, 6) is -1.05. The molecule has 1 atom stereocenters. The van der Waals surface area contributed by atoms with Crippen molar-refractivity contribution < 1.29 is 22.8 Å². The van der Waals surface area contributed by atoms with Crippen LogP contribution in [0.3, 0.4) is 0 Å². The average molecular weight is 401 g/mol. The Hall–Kier alpha value is -3.13. The number of H-pyrrole nitrogens is 1. The highest BCUT2D eigenvalue weighted by Crippen LogP contribution is 2.33. The van der Waals surface area contributed by atoms with E-state index >= 15 is 0 Å². The molecule has 1 unspecified atom stereocenters. The molecule has 150 valence electrons. The summed E-state index contributed by atoms with van der Waals surface area (Å²) in [5.41, 5.74) is 1.15. The Labute approximate surface area is 164 Å². The number of rotatable bonds is 5. The highest BCUT2D eigenvalue weighted by molar-refractivity contribution is 6.22. The van der Waals surface area contributed by atoms with E-state index in [0.29, 0.717) is 13.0 Å². The number of para-hydroxylation sites is 1. The Balaban J connectivity index is 1.43. The van der Waals surface area contributed by atoms with E-state index in [0.717, 1.165) is 33.5 Å². The number of nitrogens with one attached hydrogen (secondary N) is 2. The first-order chi connectivity index (χ1) is 13.8. The van der Waals surface area contributed by atoms with E-state index in [1.54, 1.807) is 0 Å². The number of benzene rings is 2. The largest absolute Gasteiger partial charge is 0.416 e. The minimum absolute atomic E-state index is 0.0595. The molecule has 4 rings (SSSR count). The van der Waals surface area contributed by atoms with E-state index in [9.17, 15) is 22.8 Å². The second kappa shape index (κ2) is 7.36. The first-order valence-electron chi connectivity index (χ1n) is 9.17. The molecular formula is C21H18F3N3O2. The molecule has 3 aromatic rings. The van der Waals surface area contributed by atoms with Gasteiger partial charge in [0.1, 0.15) is 0 Å². The van der Waals surface area contributed by atoms with Gasteiger partial charge in [-0.15, -0.1) is 0 Å². The molecule has 1 fully saturated rings. The molecule has 0 bridgehead atoms. The van der Waals surface area contributed by atoms with E-state index in [1.807, 2.05) is 30.5 Å². The number of carbonyl (C=O) groups excluding carboxylic acids is 2. The molecule has 0 radical (unpaired) electrons. The average Bonchev–Trinajstić information content (AvgIpc) is 3.22. The highest BCUT2D eigenvalue weighted by atomic mass is 19.4. The monoisotopic (exact) mass is 401 g/mol. The maximum atomic E-state index is 12.9. The Morgan fingerprint density at radius 3 is 2.69 bits per heavy atom. The van der Waals surface area contributed by atoms with E-state index in [1.165, 1.54) is 12.1 Å². The fourth-order valence-electron chi connectivity index (χ4n) is 3.60. The Kier molecular flexibility index (Phi) is 4.87.